The van der Waals surface area contributed by atoms with Gasteiger partial charge in [0.25, 0.3) is 0 Å². The molecule has 0 saturated heterocycles. The summed E-state index contributed by atoms with van der Waals surface area (Å²) in [6.45, 7) is 9.57. The number of ether oxygens (including phenoxy) is 4. The van der Waals surface area contributed by atoms with E-state index in [1.165, 1.54) is 180 Å². The maximum atomic E-state index is 13.1. The monoisotopic (exact) mass is 1350 g/mol. The van der Waals surface area contributed by atoms with Crippen LogP contribution in [0.5, 0.6) is 0 Å². The van der Waals surface area contributed by atoms with E-state index < -0.39 is 97.5 Å². The maximum Gasteiger partial charge on any atom is 0.472 e. The van der Waals surface area contributed by atoms with Gasteiger partial charge < -0.3 is 33.8 Å². The number of aliphatic hydroxyl groups excluding tert-OH is 1. The molecule has 0 spiro atoms. The van der Waals surface area contributed by atoms with Crippen molar-refractivity contribution in [3.05, 3.63) is 0 Å². The first-order chi connectivity index (χ1) is 44.4. The minimum atomic E-state index is -4.95. The summed E-state index contributed by atoms with van der Waals surface area (Å²) in [6.07, 6.45) is 51.4. The molecule has 0 heterocycles. The molecule has 0 aromatic heterocycles. The third-order valence-corrected chi connectivity index (χ3v) is 18.9. The Balaban J connectivity index is 5.20. The van der Waals surface area contributed by atoms with Gasteiger partial charge in [-0.05, 0) is 37.5 Å². The Morgan fingerprint density at radius 2 is 0.500 bits per heavy atom. The highest BCUT2D eigenvalue weighted by Crippen LogP contribution is 2.45. The fourth-order valence-electron chi connectivity index (χ4n) is 11.1. The van der Waals surface area contributed by atoms with Crippen molar-refractivity contribution in [1.82, 2.24) is 0 Å². The van der Waals surface area contributed by atoms with Crippen molar-refractivity contribution in [3.63, 3.8) is 0 Å². The lowest BCUT2D eigenvalue weighted by molar-refractivity contribution is -0.161. The summed E-state index contributed by atoms with van der Waals surface area (Å²) in [5, 5.41) is 10.6. The van der Waals surface area contributed by atoms with E-state index in [1.807, 2.05) is 0 Å². The van der Waals surface area contributed by atoms with Crippen LogP contribution < -0.4 is 0 Å². The molecule has 0 radical (unpaired) electrons. The summed E-state index contributed by atoms with van der Waals surface area (Å²) in [5.74, 6) is -0.549. The number of aliphatic hydroxyl groups is 1. The van der Waals surface area contributed by atoms with Crippen molar-refractivity contribution in [3.8, 4) is 0 Å². The topological polar surface area (TPSA) is 237 Å². The van der Waals surface area contributed by atoms with Crippen molar-refractivity contribution in [2.24, 2.45) is 11.8 Å². The van der Waals surface area contributed by atoms with Gasteiger partial charge in [0.2, 0.25) is 0 Å². The Bertz CT molecular complexity index is 1790. The molecule has 0 fully saturated rings. The van der Waals surface area contributed by atoms with Gasteiger partial charge in [0.1, 0.15) is 19.3 Å². The van der Waals surface area contributed by atoms with Gasteiger partial charge in [-0.25, -0.2) is 9.13 Å². The average molecular weight is 1350 g/mol. The number of hydrogen-bond acceptors (Lipinski definition) is 15. The summed E-state index contributed by atoms with van der Waals surface area (Å²) in [7, 11) is -9.90. The molecule has 17 nitrogen and oxygen atoms in total. The van der Waals surface area contributed by atoms with Crippen LogP contribution in [0.1, 0.15) is 375 Å². The fourth-order valence-corrected chi connectivity index (χ4v) is 12.7. The van der Waals surface area contributed by atoms with Gasteiger partial charge in [-0.1, -0.05) is 324 Å². The Labute approximate surface area is 562 Å². The van der Waals surface area contributed by atoms with Crippen molar-refractivity contribution >= 4 is 39.5 Å². The zero-order valence-corrected chi connectivity index (χ0v) is 61.6. The first-order valence-corrected chi connectivity index (χ1v) is 41.0. The quantitative estimate of drug-likeness (QED) is 0.0222. The molecular formula is C73H142O17P2. The van der Waals surface area contributed by atoms with Crippen LogP contribution in [-0.4, -0.2) is 96.7 Å². The molecule has 0 saturated carbocycles. The summed E-state index contributed by atoms with van der Waals surface area (Å²) in [4.78, 5) is 72.6. The minimum absolute atomic E-state index is 0.107. The van der Waals surface area contributed by atoms with Crippen molar-refractivity contribution in [2.75, 3.05) is 39.6 Å². The number of phosphoric acid groups is 2. The van der Waals surface area contributed by atoms with Crippen LogP contribution in [-0.2, 0) is 65.4 Å². The summed E-state index contributed by atoms with van der Waals surface area (Å²) >= 11 is 0. The number of esters is 4. The van der Waals surface area contributed by atoms with E-state index in [-0.39, 0.29) is 25.7 Å². The molecule has 0 aliphatic rings. The lowest BCUT2D eigenvalue weighted by atomic mass is 10.0. The molecule has 0 aromatic carbocycles. The lowest BCUT2D eigenvalue weighted by Crippen LogP contribution is -2.30. The van der Waals surface area contributed by atoms with Gasteiger partial charge in [0, 0.05) is 25.7 Å². The van der Waals surface area contributed by atoms with E-state index in [0.29, 0.717) is 25.7 Å². The highest BCUT2D eigenvalue weighted by atomic mass is 31.2. The number of phosphoric ester groups is 2. The smallest absolute Gasteiger partial charge is 0.462 e. The Kier molecular flexibility index (Phi) is 63.7. The molecule has 5 atom stereocenters. The predicted octanol–water partition coefficient (Wildman–Crippen LogP) is 21.2. The molecule has 0 amide bonds. The van der Waals surface area contributed by atoms with Crippen molar-refractivity contribution < 1.29 is 80.2 Å². The Morgan fingerprint density at radius 1 is 0.293 bits per heavy atom. The number of carbonyl (C=O) groups excluding carboxylic acids is 4. The Morgan fingerprint density at radius 3 is 0.739 bits per heavy atom. The lowest BCUT2D eigenvalue weighted by Gasteiger charge is -2.21. The van der Waals surface area contributed by atoms with Crippen LogP contribution in [0.2, 0.25) is 0 Å². The molecule has 19 heteroatoms. The van der Waals surface area contributed by atoms with Crippen molar-refractivity contribution in [1.29, 1.82) is 0 Å². The second-order valence-corrected chi connectivity index (χ2v) is 30.2. The first kappa shape index (κ1) is 90.1. The molecule has 0 aliphatic carbocycles. The van der Waals surface area contributed by atoms with Gasteiger partial charge in [-0.15, -0.1) is 0 Å². The normalized spacial score (nSPS) is 14.1. The van der Waals surface area contributed by atoms with E-state index >= 15 is 0 Å². The summed E-state index contributed by atoms with van der Waals surface area (Å²) < 4.78 is 68.3. The highest BCUT2D eigenvalue weighted by Gasteiger charge is 2.30. The number of hydrogen-bond donors (Lipinski definition) is 3. The average Bonchev–Trinajstić information content (AvgIpc) is 3.72. The fraction of sp³-hybridized carbons (Fsp3) is 0.945. The van der Waals surface area contributed by atoms with E-state index in [4.69, 9.17) is 37.0 Å². The van der Waals surface area contributed by atoms with Crippen LogP contribution >= 0.6 is 15.6 Å². The predicted molar refractivity (Wildman–Crippen MR) is 372 cm³/mol. The third-order valence-electron chi connectivity index (χ3n) is 17.0. The van der Waals surface area contributed by atoms with Gasteiger partial charge in [-0.3, -0.25) is 37.3 Å². The number of carbonyl (C=O) groups is 4. The molecule has 0 aliphatic heterocycles. The van der Waals surface area contributed by atoms with Crippen LogP contribution in [0.15, 0.2) is 0 Å². The SMILES string of the molecule is CCCCCCCCCCCCCCCC(=O)O[C@H](COC(=O)CCCCCCCCC)COP(=O)(O)OC[C@H](O)COP(=O)(O)OC[C@@H](COC(=O)CCCCCCCCCCCCCC(C)C)OC(=O)CCCCCCCCCCCCCCCCCC(C)C. The Hall–Kier alpha value is -1.94. The zero-order chi connectivity index (χ0) is 67.9. The summed E-state index contributed by atoms with van der Waals surface area (Å²) in [5.41, 5.74) is 0. The van der Waals surface area contributed by atoms with E-state index in [9.17, 15) is 43.2 Å². The standard InChI is InChI=1S/C73H142O17P2/c1-7-9-11-13-15-16-17-21-27-33-39-45-51-57-72(77)89-68(61-83-70(75)55-49-43-35-14-12-10-8-2)63-87-91(79,80)85-59-67(74)60-86-92(81,82)88-64-69(62-84-71(76)56-50-44-38-32-29-24-26-31-37-42-48-54-66(5)6)90-73(78)58-52-46-40-34-28-23-20-18-19-22-25-30-36-41-47-53-65(3)4/h65-69,74H,7-64H2,1-6H3,(H,79,80)(H,81,82)/t67-,68+,69+/m0/s1. The van der Waals surface area contributed by atoms with E-state index in [1.54, 1.807) is 0 Å². The molecule has 2 unspecified atom stereocenters. The van der Waals surface area contributed by atoms with Crippen LogP contribution in [0.3, 0.4) is 0 Å². The van der Waals surface area contributed by atoms with E-state index in [2.05, 4.69) is 41.5 Å². The molecule has 0 aromatic rings. The number of rotatable bonds is 72. The molecule has 0 bridgehead atoms. The molecule has 0 rings (SSSR count). The number of unbranched alkanes of at least 4 members (excludes halogenated alkanes) is 42. The second kappa shape index (κ2) is 65.0. The zero-order valence-electron chi connectivity index (χ0n) is 59.9. The molecular weight excluding hydrogens is 1210 g/mol. The molecule has 546 valence electrons. The third kappa shape index (κ3) is 66.7. The minimum Gasteiger partial charge on any atom is -0.462 e. The van der Waals surface area contributed by atoms with Gasteiger partial charge in [-0.2, -0.15) is 0 Å². The van der Waals surface area contributed by atoms with Crippen LogP contribution in [0.25, 0.3) is 0 Å². The first-order valence-electron chi connectivity index (χ1n) is 38.0. The van der Waals surface area contributed by atoms with Gasteiger partial charge in [0.15, 0.2) is 12.2 Å². The maximum absolute atomic E-state index is 13.1. The molecule has 92 heavy (non-hydrogen) atoms. The highest BCUT2D eigenvalue weighted by molar-refractivity contribution is 7.47. The largest absolute Gasteiger partial charge is 0.472 e. The van der Waals surface area contributed by atoms with Crippen LogP contribution in [0.4, 0.5) is 0 Å². The van der Waals surface area contributed by atoms with Crippen LogP contribution in [0, 0.1) is 11.8 Å². The molecule has 3 N–H and O–H groups in total. The van der Waals surface area contributed by atoms with Gasteiger partial charge >= 0.3 is 39.5 Å². The van der Waals surface area contributed by atoms with E-state index in [0.717, 1.165) is 115 Å². The second-order valence-electron chi connectivity index (χ2n) is 27.3. The van der Waals surface area contributed by atoms with Gasteiger partial charge in [0.05, 0.1) is 26.4 Å². The summed E-state index contributed by atoms with van der Waals surface area (Å²) in [6, 6.07) is 0. The van der Waals surface area contributed by atoms with Crippen molar-refractivity contribution in [2.45, 2.75) is 394 Å².